The number of rotatable bonds is 9. The summed E-state index contributed by atoms with van der Waals surface area (Å²) in [4.78, 5) is 17.9. The summed E-state index contributed by atoms with van der Waals surface area (Å²) in [6.45, 7) is 2.21. The van der Waals surface area contributed by atoms with Gasteiger partial charge >= 0.3 is 0 Å². The van der Waals surface area contributed by atoms with E-state index in [9.17, 15) is 0 Å². The van der Waals surface area contributed by atoms with E-state index in [0.29, 0.717) is 0 Å². The molecule has 0 rings (SSSR count). The second-order valence-electron chi connectivity index (χ2n) is 3.45. The molecule has 88 valence electrons. The number of hydrogen-bond donors (Lipinski definition) is 2. The van der Waals surface area contributed by atoms with Gasteiger partial charge in [-0.1, -0.05) is 56.8 Å². The predicted molar refractivity (Wildman–Crippen MR) is 69.2 cm³/mol. The average molecular weight is 322 g/mol. The summed E-state index contributed by atoms with van der Waals surface area (Å²) >= 11 is 5.64. The van der Waals surface area contributed by atoms with Gasteiger partial charge in [0.25, 0.3) is 0 Å². The second-order valence-corrected chi connectivity index (χ2v) is 9.62. The van der Waals surface area contributed by atoms with Crippen LogP contribution in [0.2, 0.25) is 0 Å². The molecule has 0 saturated heterocycles. The fourth-order valence-corrected chi connectivity index (χ4v) is 3.59. The molecule has 0 atom stereocenters. The van der Waals surface area contributed by atoms with Crippen LogP contribution in [0.4, 0.5) is 0 Å². The minimum Gasteiger partial charge on any atom is -0.338 e. The van der Waals surface area contributed by atoms with Crippen molar-refractivity contribution >= 4 is 28.9 Å². The minimum absolute atomic E-state index is 0. The molecule has 15 heavy (non-hydrogen) atoms. The van der Waals surface area contributed by atoms with E-state index in [1.54, 1.807) is 0 Å². The Morgan fingerprint density at radius 2 is 1.47 bits per heavy atom. The Bertz CT molecular complexity index is 175. The van der Waals surface area contributed by atoms with Gasteiger partial charge in [-0.05, 0) is 18.2 Å². The molecule has 0 aliphatic carbocycles. The van der Waals surface area contributed by atoms with Gasteiger partial charge < -0.3 is 9.79 Å². The molecule has 0 aliphatic heterocycles. The zero-order valence-electron chi connectivity index (χ0n) is 9.52. The first-order valence-electron chi connectivity index (χ1n) is 5.26. The van der Waals surface area contributed by atoms with Gasteiger partial charge in [0, 0.05) is 25.2 Å². The fourth-order valence-electron chi connectivity index (χ4n) is 1.24. The first-order chi connectivity index (χ1) is 6.56. The van der Waals surface area contributed by atoms with E-state index < -0.39 is 5.69 Å². The maximum Gasteiger partial charge on any atom is 0.242 e. The van der Waals surface area contributed by atoms with E-state index in [-0.39, 0.29) is 19.5 Å². The molecule has 0 heterocycles. The van der Waals surface area contributed by atoms with Crippen LogP contribution in [0.25, 0.3) is 0 Å². The molecule has 0 saturated carbocycles. The van der Waals surface area contributed by atoms with Gasteiger partial charge in [-0.25, -0.2) is 0 Å². The van der Waals surface area contributed by atoms with Gasteiger partial charge in [-0.15, -0.1) is 0 Å². The molecule has 0 bridgehead atoms. The Labute approximate surface area is 115 Å². The summed E-state index contributed by atoms with van der Waals surface area (Å²) in [6.07, 6.45) is 8.77. The maximum absolute atomic E-state index is 8.93. The quantitative estimate of drug-likeness (QED) is 0.386. The van der Waals surface area contributed by atoms with Crippen molar-refractivity contribution in [1.29, 1.82) is 0 Å². The van der Waals surface area contributed by atoms with Gasteiger partial charge in [-0.2, -0.15) is 0 Å². The van der Waals surface area contributed by atoms with Crippen molar-refractivity contribution in [3.8, 4) is 0 Å². The molecule has 0 radical (unpaired) electrons. The standard InChI is InChI=1S/C9H21O2PS2.Zn/c1-2-3-4-5-6-7-8-9-14-12(10,11)13;/h2-9H2,1H3,(H2,10,11,13);. The van der Waals surface area contributed by atoms with Gasteiger partial charge in [0.1, 0.15) is 0 Å². The summed E-state index contributed by atoms with van der Waals surface area (Å²) in [6, 6.07) is 0. The van der Waals surface area contributed by atoms with Crippen molar-refractivity contribution in [2.45, 2.75) is 51.9 Å². The second kappa shape index (κ2) is 12.0. The normalized spacial score (nSPS) is 11.1. The van der Waals surface area contributed by atoms with E-state index in [1.165, 1.54) is 38.5 Å². The summed E-state index contributed by atoms with van der Waals surface area (Å²) in [5, 5.41) is 0. The Morgan fingerprint density at radius 3 is 1.93 bits per heavy atom. The first kappa shape index (κ1) is 18.9. The van der Waals surface area contributed by atoms with Gasteiger partial charge in [-0.3, -0.25) is 0 Å². The van der Waals surface area contributed by atoms with Crippen LogP contribution in [-0.4, -0.2) is 15.5 Å². The largest absolute Gasteiger partial charge is 0.338 e. The molecule has 0 aliphatic rings. The Kier molecular flexibility index (Phi) is 15.1. The summed E-state index contributed by atoms with van der Waals surface area (Å²) in [5.74, 6) is 0.790. The third kappa shape index (κ3) is 18.1. The molecule has 6 heteroatoms. The molecular weight excluding hydrogens is 301 g/mol. The van der Waals surface area contributed by atoms with E-state index in [4.69, 9.17) is 9.79 Å². The molecule has 0 amide bonds. The monoisotopic (exact) mass is 320 g/mol. The first-order valence-corrected chi connectivity index (χ1v) is 9.56. The third-order valence-electron chi connectivity index (χ3n) is 2.01. The zero-order valence-corrected chi connectivity index (χ0v) is 15.0. The Morgan fingerprint density at radius 1 is 1.00 bits per heavy atom. The van der Waals surface area contributed by atoms with Crippen molar-refractivity contribution < 1.29 is 29.3 Å². The predicted octanol–water partition coefficient (Wildman–Crippen LogP) is 3.68. The molecule has 0 spiro atoms. The molecule has 0 aromatic rings. The Balaban J connectivity index is 0. The van der Waals surface area contributed by atoms with Crippen LogP contribution in [0.1, 0.15) is 51.9 Å². The van der Waals surface area contributed by atoms with Crippen molar-refractivity contribution in [2.24, 2.45) is 0 Å². The number of hydrogen-bond acceptors (Lipinski definition) is 2. The summed E-state index contributed by atoms with van der Waals surface area (Å²) in [5.41, 5.74) is -2.98. The molecular formula is C9H21O2PS2Zn. The van der Waals surface area contributed by atoms with Gasteiger partial charge in [0.05, 0.1) is 0 Å². The van der Waals surface area contributed by atoms with Crippen molar-refractivity contribution in [2.75, 3.05) is 5.75 Å². The molecule has 0 aromatic heterocycles. The molecule has 0 fully saturated rings. The van der Waals surface area contributed by atoms with Crippen LogP contribution in [0.5, 0.6) is 0 Å². The van der Waals surface area contributed by atoms with Crippen LogP contribution < -0.4 is 0 Å². The topological polar surface area (TPSA) is 40.5 Å². The van der Waals surface area contributed by atoms with Crippen LogP contribution in [0.3, 0.4) is 0 Å². The molecule has 2 N–H and O–H groups in total. The van der Waals surface area contributed by atoms with Gasteiger partial charge in [0.15, 0.2) is 0 Å². The summed E-state index contributed by atoms with van der Waals surface area (Å²) in [7, 11) is 0. The van der Waals surface area contributed by atoms with Crippen LogP contribution in [0.15, 0.2) is 0 Å². The fraction of sp³-hybridized carbons (Fsp3) is 1.00. The SMILES string of the molecule is CCCCCCCCCSP(O)(O)=S.[Zn]. The molecule has 0 aromatic carbocycles. The minimum atomic E-state index is -2.98. The van der Waals surface area contributed by atoms with Crippen molar-refractivity contribution in [1.82, 2.24) is 0 Å². The van der Waals surface area contributed by atoms with Crippen molar-refractivity contribution in [3.63, 3.8) is 0 Å². The van der Waals surface area contributed by atoms with E-state index >= 15 is 0 Å². The van der Waals surface area contributed by atoms with Crippen molar-refractivity contribution in [3.05, 3.63) is 0 Å². The van der Waals surface area contributed by atoms with Crippen LogP contribution in [-0.2, 0) is 31.3 Å². The van der Waals surface area contributed by atoms with Crippen LogP contribution >= 0.6 is 17.1 Å². The number of unbranched alkanes of at least 4 members (excludes halogenated alkanes) is 6. The third-order valence-corrected chi connectivity index (χ3v) is 5.32. The molecule has 2 nitrogen and oxygen atoms in total. The Hall–Kier alpha value is 1.54. The van der Waals surface area contributed by atoms with Crippen LogP contribution in [0, 0.1) is 0 Å². The van der Waals surface area contributed by atoms with Gasteiger partial charge in [0.2, 0.25) is 5.69 Å². The van der Waals surface area contributed by atoms with E-state index in [2.05, 4.69) is 18.7 Å². The average Bonchev–Trinajstić information content (AvgIpc) is 2.08. The van der Waals surface area contributed by atoms with E-state index in [0.717, 1.165) is 23.6 Å². The van der Waals surface area contributed by atoms with E-state index in [1.807, 2.05) is 0 Å². The maximum atomic E-state index is 8.93. The molecule has 0 unspecified atom stereocenters. The summed E-state index contributed by atoms with van der Waals surface area (Å²) < 4.78 is 0. The smallest absolute Gasteiger partial charge is 0.242 e. The zero-order chi connectivity index (χ0) is 10.9.